The van der Waals surface area contributed by atoms with E-state index in [1.807, 2.05) is 0 Å². The van der Waals surface area contributed by atoms with Crippen LogP contribution in [0.2, 0.25) is 0 Å². The second-order valence-electron chi connectivity index (χ2n) is 4.89. The summed E-state index contributed by atoms with van der Waals surface area (Å²) in [6.45, 7) is 2.30. The Kier molecular flexibility index (Phi) is 4.56. The van der Waals surface area contributed by atoms with Gasteiger partial charge in [-0.2, -0.15) is 4.98 Å². The lowest BCUT2D eigenvalue weighted by molar-refractivity contribution is -0.137. The van der Waals surface area contributed by atoms with Gasteiger partial charge in [0.25, 0.3) is 0 Å². The molecule has 2 amide bonds. The minimum absolute atomic E-state index is 0.0502. The number of carbonyl (C=O) groups excluding carboxylic acids is 1. The minimum atomic E-state index is -0.909. The van der Waals surface area contributed by atoms with Gasteiger partial charge in [0, 0.05) is 24.3 Å². The molecule has 21 heavy (non-hydrogen) atoms. The normalized spacial score (nSPS) is 17.6. The largest absolute Gasteiger partial charge is 0.481 e. The Morgan fingerprint density at radius 2 is 2.29 bits per heavy atom. The number of nitrogens with one attached hydrogen (secondary N) is 1. The SMILES string of the molecule is COc1cc(C)nc(NC(=O)N2CCCC2CC(=O)O)n1. The van der Waals surface area contributed by atoms with E-state index < -0.39 is 5.97 Å². The maximum atomic E-state index is 12.2. The number of carboxylic acids is 1. The molecule has 1 saturated heterocycles. The van der Waals surface area contributed by atoms with Gasteiger partial charge in [-0.05, 0) is 19.8 Å². The van der Waals surface area contributed by atoms with E-state index in [9.17, 15) is 9.59 Å². The number of urea groups is 1. The van der Waals surface area contributed by atoms with Crippen molar-refractivity contribution in [2.45, 2.75) is 32.2 Å². The fourth-order valence-electron chi connectivity index (χ4n) is 2.38. The molecule has 114 valence electrons. The van der Waals surface area contributed by atoms with Crippen molar-refractivity contribution in [3.8, 4) is 5.88 Å². The molecule has 2 N–H and O–H groups in total. The van der Waals surface area contributed by atoms with E-state index in [1.54, 1.807) is 13.0 Å². The van der Waals surface area contributed by atoms with Crippen molar-refractivity contribution in [3.63, 3.8) is 0 Å². The number of hydrogen-bond donors (Lipinski definition) is 2. The summed E-state index contributed by atoms with van der Waals surface area (Å²) < 4.78 is 5.02. The van der Waals surface area contributed by atoms with Gasteiger partial charge in [-0.1, -0.05) is 0 Å². The van der Waals surface area contributed by atoms with Gasteiger partial charge in [-0.15, -0.1) is 0 Å². The number of methoxy groups -OCH3 is 1. The van der Waals surface area contributed by atoms with E-state index in [1.165, 1.54) is 12.0 Å². The van der Waals surface area contributed by atoms with Gasteiger partial charge in [0.15, 0.2) is 0 Å². The lowest BCUT2D eigenvalue weighted by Crippen LogP contribution is -2.40. The van der Waals surface area contributed by atoms with Crippen LogP contribution in [0.5, 0.6) is 5.88 Å². The van der Waals surface area contributed by atoms with Crippen LogP contribution in [0.3, 0.4) is 0 Å². The molecule has 2 rings (SSSR count). The lowest BCUT2D eigenvalue weighted by Gasteiger charge is -2.23. The number of carbonyl (C=O) groups is 2. The van der Waals surface area contributed by atoms with E-state index in [0.29, 0.717) is 24.5 Å². The molecule has 1 aliphatic heterocycles. The zero-order valence-electron chi connectivity index (χ0n) is 12.0. The second kappa shape index (κ2) is 6.38. The Balaban J connectivity index is 2.06. The van der Waals surface area contributed by atoms with Crippen LogP contribution < -0.4 is 10.1 Å². The van der Waals surface area contributed by atoms with Crippen LogP contribution in [-0.4, -0.2) is 51.7 Å². The number of aromatic nitrogens is 2. The number of rotatable bonds is 4. The van der Waals surface area contributed by atoms with Gasteiger partial charge in [0.1, 0.15) is 0 Å². The quantitative estimate of drug-likeness (QED) is 0.866. The zero-order valence-corrected chi connectivity index (χ0v) is 12.0. The van der Waals surface area contributed by atoms with E-state index >= 15 is 0 Å². The molecule has 2 heterocycles. The van der Waals surface area contributed by atoms with Crippen molar-refractivity contribution >= 4 is 17.9 Å². The lowest BCUT2D eigenvalue weighted by atomic mass is 10.1. The van der Waals surface area contributed by atoms with Gasteiger partial charge < -0.3 is 14.7 Å². The van der Waals surface area contributed by atoms with Crippen LogP contribution in [0.4, 0.5) is 10.7 Å². The van der Waals surface area contributed by atoms with Crippen LogP contribution in [-0.2, 0) is 4.79 Å². The summed E-state index contributed by atoms with van der Waals surface area (Å²) in [4.78, 5) is 32.7. The molecule has 8 nitrogen and oxygen atoms in total. The maximum absolute atomic E-state index is 12.2. The molecule has 0 aliphatic carbocycles. The van der Waals surface area contributed by atoms with Crippen molar-refractivity contribution in [3.05, 3.63) is 11.8 Å². The first kappa shape index (κ1) is 15.0. The second-order valence-corrected chi connectivity index (χ2v) is 4.89. The number of ether oxygens (including phenoxy) is 1. The molecule has 8 heteroatoms. The molecule has 0 bridgehead atoms. The number of aryl methyl sites for hydroxylation is 1. The van der Waals surface area contributed by atoms with Gasteiger partial charge in [0.2, 0.25) is 11.8 Å². The number of hydrogen-bond acceptors (Lipinski definition) is 5. The smallest absolute Gasteiger partial charge is 0.324 e. The number of anilines is 1. The number of amides is 2. The third-order valence-electron chi connectivity index (χ3n) is 3.31. The Morgan fingerprint density at radius 3 is 2.95 bits per heavy atom. The Morgan fingerprint density at radius 1 is 1.52 bits per heavy atom. The average molecular weight is 294 g/mol. The predicted octanol–water partition coefficient (Wildman–Crippen LogP) is 1.26. The summed E-state index contributed by atoms with van der Waals surface area (Å²) >= 11 is 0. The molecule has 1 unspecified atom stereocenters. The van der Waals surface area contributed by atoms with E-state index in [-0.39, 0.29) is 24.4 Å². The maximum Gasteiger partial charge on any atom is 0.324 e. The third kappa shape index (κ3) is 3.80. The third-order valence-corrected chi connectivity index (χ3v) is 3.31. The molecule has 0 aromatic carbocycles. The number of aliphatic carboxylic acids is 1. The van der Waals surface area contributed by atoms with Crippen LogP contribution in [0.1, 0.15) is 25.0 Å². The zero-order chi connectivity index (χ0) is 15.4. The molecule has 1 aliphatic rings. The van der Waals surface area contributed by atoms with Gasteiger partial charge in [-0.3, -0.25) is 10.1 Å². The molecule has 1 aromatic heterocycles. The summed E-state index contributed by atoms with van der Waals surface area (Å²) in [6, 6.07) is 0.985. The summed E-state index contributed by atoms with van der Waals surface area (Å²) in [7, 11) is 1.48. The Hall–Kier alpha value is -2.38. The van der Waals surface area contributed by atoms with Crippen molar-refractivity contribution < 1.29 is 19.4 Å². The standard InChI is InChI=1S/C13H18N4O4/c1-8-6-10(21-2)15-12(14-8)16-13(20)17-5-3-4-9(17)7-11(18)19/h6,9H,3-5,7H2,1-2H3,(H,18,19)(H,14,15,16,20). The first-order valence-electron chi connectivity index (χ1n) is 6.68. The highest BCUT2D eigenvalue weighted by molar-refractivity contribution is 5.88. The van der Waals surface area contributed by atoms with Crippen LogP contribution in [0.25, 0.3) is 0 Å². The summed E-state index contributed by atoms with van der Waals surface area (Å²) in [5.74, 6) is -0.396. The van der Waals surface area contributed by atoms with E-state index in [0.717, 1.165) is 6.42 Å². The van der Waals surface area contributed by atoms with Crippen LogP contribution in [0.15, 0.2) is 6.07 Å². The molecule has 0 saturated carbocycles. The first-order chi connectivity index (χ1) is 9.99. The van der Waals surface area contributed by atoms with Gasteiger partial charge in [0.05, 0.1) is 13.5 Å². The van der Waals surface area contributed by atoms with Crippen LogP contribution >= 0.6 is 0 Å². The molecular weight excluding hydrogens is 276 g/mol. The molecule has 1 atom stereocenters. The molecule has 1 fully saturated rings. The highest BCUT2D eigenvalue weighted by atomic mass is 16.5. The summed E-state index contributed by atoms with van der Waals surface area (Å²) in [5, 5.41) is 11.5. The van der Waals surface area contributed by atoms with Crippen LogP contribution in [0, 0.1) is 6.92 Å². The topological polar surface area (TPSA) is 105 Å². The van der Waals surface area contributed by atoms with Gasteiger partial charge >= 0.3 is 12.0 Å². The van der Waals surface area contributed by atoms with E-state index in [2.05, 4.69) is 15.3 Å². The van der Waals surface area contributed by atoms with Gasteiger partial charge in [-0.25, -0.2) is 9.78 Å². The minimum Gasteiger partial charge on any atom is -0.481 e. The first-order valence-corrected chi connectivity index (χ1v) is 6.68. The van der Waals surface area contributed by atoms with Crippen molar-refractivity contribution in [1.82, 2.24) is 14.9 Å². The Labute approximate surface area is 122 Å². The van der Waals surface area contributed by atoms with Crippen molar-refractivity contribution in [2.24, 2.45) is 0 Å². The highest BCUT2D eigenvalue weighted by Gasteiger charge is 2.30. The number of carboxylic acid groups (broad SMARTS) is 1. The fraction of sp³-hybridized carbons (Fsp3) is 0.538. The van der Waals surface area contributed by atoms with Crippen molar-refractivity contribution in [1.29, 1.82) is 0 Å². The molecule has 1 aromatic rings. The fourth-order valence-corrected chi connectivity index (χ4v) is 2.38. The molecular formula is C13H18N4O4. The number of likely N-dealkylation sites (tertiary alicyclic amines) is 1. The highest BCUT2D eigenvalue weighted by Crippen LogP contribution is 2.21. The molecule has 0 radical (unpaired) electrons. The Bertz CT molecular complexity index is 549. The number of nitrogens with zero attached hydrogens (tertiary/aromatic N) is 3. The predicted molar refractivity (Wildman–Crippen MR) is 74.3 cm³/mol. The summed E-state index contributed by atoms with van der Waals surface area (Å²) in [6.07, 6.45) is 1.44. The van der Waals surface area contributed by atoms with Crippen molar-refractivity contribution in [2.75, 3.05) is 19.0 Å². The summed E-state index contributed by atoms with van der Waals surface area (Å²) in [5.41, 5.74) is 0.667. The monoisotopic (exact) mass is 294 g/mol. The van der Waals surface area contributed by atoms with E-state index in [4.69, 9.17) is 9.84 Å². The molecule has 0 spiro atoms. The average Bonchev–Trinajstić information content (AvgIpc) is 2.85.